The molecule has 0 aliphatic carbocycles. The van der Waals surface area contributed by atoms with Crippen LogP contribution in [-0.4, -0.2) is 23.3 Å². The van der Waals surface area contributed by atoms with Crippen LogP contribution in [0.4, 0.5) is 0 Å². The average molecular weight is 202 g/mol. The van der Waals surface area contributed by atoms with Gasteiger partial charge < -0.3 is 4.74 Å². The number of rotatable bonds is 1. The van der Waals surface area contributed by atoms with E-state index in [1.54, 1.807) is 6.92 Å². The van der Waals surface area contributed by atoms with Crippen molar-refractivity contribution < 1.29 is 9.53 Å². The van der Waals surface area contributed by atoms with Gasteiger partial charge in [0.05, 0.1) is 23.9 Å². The molecule has 0 bridgehead atoms. The number of ether oxygens (including phenoxy) is 1. The van der Waals surface area contributed by atoms with Crippen molar-refractivity contribution in [2.24, 2.45) is 0 Å². The Balaban J connectivity index is 2.79. The van der Waals surface area contributed by atoms with Crippen LogP contribution in [0.3, 0.4) is 0 Å². The Morgan fingerprint density at radius 3 is 2.73 bits per heavy atom. The second-order valence-electron chi connectivity index (χ2n) is 3.17. The van der Waals surface area contributed by atoms with E-state index >= 15 is 0 Å². The van der Waals surface area contributed by atoms with Gasteiger partial charge in [0.2, 0.25) is 0 Å². The van der Waals surface area contributed by atoms with Crippen molar-refractivity contribution in [2.75, 3.05) is 7.11 Å². The van der Waals surface area contributed by atoms with Crippen LogP contribution < -0.4 is 0 Å². The fraction of sp³-hybridized carbons (Fsp3) is 0.182. The van der Waals surface area contributed by atoms with E-state index in [-0.39, 0.29) is 5.97 Å². The quantitative estimate of drug-likeness (QED) is 0.661. The zero-order chi connectivity index (χ0) is 10.8. The lowest BCUT2D eigenvalue weighted by atomic mass is 10.1. The van der Waals surface area contributed by atoms with E-state index in [0.29, 0.717) is 16.8 Å². The summed E-state index contributed by atoms with van der Waals surface area (Å²) in [6, 6.07) is 7.36. The summed E-state index contributed by atoms with van der Waals surface area (Å²) in [5.74, 6) is -0.376. The molecule has 2 rings (SSSR count). The van der Waals surface area contributed by atoms with Crippen molar-refractivity contribution in [3.05, 3.63) is 35.5 Å². The van der Waals surface area contributed by atoms with Gasteiger partial charge in [0.15, 0.2) is 0 Å². The summed E-state index contributed by atoms with van der Waals surface area (Å²) in [5.41, 5.74) is 1.77. The first-order chi connectivity index (χ1) is 7.24. The molecular formula is C11H10N2O2. The smallest absolute Gasteiger partial charge is 0.340 e. The topological polar surface area (TPSA) is 52.1 Å². The molecule has 0 aliphatic heterocycles. The Morgan fingerprint density at radius 2 is 2.00 bits per heavy atom. The van der Waals surface area contributed by atoms with Gasteiger partial charge in [0, 0.05) is 5.39 Å². The highest BCUT2D eigenvalue weighted by Crippen LogP contribution is 2.18. The van der Waals surface area contributed by atoms with E-state index in [0.717, 1.165) is 5.39 Å². The Morgan fingerprint density at radius 1 is 1.27 bits per heavy atom. The molecule has 1 heterocycles. The number of carbonyl (C=O) groups excluding carboxylic acids is 1. The Bertz CT molecular complexity index is 523. The Kier molecular flexibility index (Phi) is 2.33. The van der Waals surface area contributed by atoms with Gasteiger partial charge in [-0.3, -0.25) is 0 Å². The lowest BCUT2D eigenvalue weighted by molar-refractivity contribution is 0.0601. The number of carbonyl (C=O) groups is 1. The van der Waals surface area contributed by atoms with Crippen molar-refractivity contribution in [2.45, 2.75) is 6.92 Å². The first-order valence-electron chi connectivity index (χ1n) is 4.54. The van der Waals surface area contributed by atoms with Gasteiger partial charge in [-0.1, -0.05) is 18.2 Å². The molecule has 0 radical (unpaired) electrons. The number of aryl methyl sites for hydroxylation is 1. The molecule has 1 aromatic heterocycles. The van der Waals surface area contributed by atoms with Crippen molar-refractivity contribution in [3.8, 4) is 0 Å². The maximum absolute atomic E-state index is 11.6. The minimum Gasteiger partial charge on any atom is -0.465 e. The molecule has 4 nitrogen and oxygen atoms in total. The minimum atomic E-state index is -0.376. The van der Waals surface area contributed by atoms with Crippen LogP contribution in [-0.2, 0) is 4.74 Å². The summed E-state index contributed by atoms with van der Waals surface area (Å²) in [4.78, 5) is 11.6. The van der Waals surface area contributed by atoms with Gasteiger partial charge in [0.1, 0.15) is 0 Å². The lowest BCUT2D eigenvalue weighted by Gasteiger charge is -2.05. The third-order valence-electron chi connectivity index (χ3n) is 2.23. The number of methoxy groups -OCH3 is 1. The molecule has 0 aliphatic rings. The third kappa shape index (κ3) is 1.54. The minimum absolute atomic E-state index is 0.376. The summed E-state index contributed by atoms with van der Waals surface area (Å²) in [7, 11) is 1.36. The molecule has 0 unspecified atom stereocenters. The second-order valence-corrected chi connectivity index (χ2v) is 3.17. The summed E-state index contributed by atoms with van der Waals surface area (Å²) < 4.78 is 4.72. The van der Waals surface area contributed by atoms with Crippen molar-refractivity contribution in [1.29, 1.82) is 0 Å². The van der Waals surface area contributed by atoms with Gasteiger partial charge in [0.25, 0.3) is 0 Å². The van der Waals surface area contributed by atoms with Crippen molar-refractivity contribution in [3.63, 3.8) is 0 Å². The molecule has 0 N–H and O–H groups in total. The molecule has 1 aromatic carbocycles. The standard InChI is InChI=1S/C11H10N2O2/c1-7-10(11(14)15-2)8-5-3-4-6-9(8)13-12-7/h3-6H,1-2H3. The van der Waals surface area contributed by atoms with Gasteiger partial charge in [-0.2, -0.15) is 10.2 Å². The fourth-order valence-electron chi connectivity index (χ4n) is 1.51. The van der Waals surface area contributed by atoms with E-state index in [1.807, 2.05) is 24.3 Å². The molecule has 0 amide bonds. The Hall–Kier alpha value is -1.97. The van der Waals surface area contributed by atoms with Crippen molar-refractivity contribution >= 4 is 16.9 Å². The van der Waals surface area contributed by atoms with E-state index in [1.165, 1.54) is 7.11 Å². The van der Waals surface area contributed by atoms with Crippen LogP contribution in [0.2, 0.25) is 0 Å². The van der Waals surface area contributed by atoms with Crippen LogP contribution in [0, 0.1) is 6.92 Å². The zero-order valence-corrected chi connectivity index (χ0v) is 8.52. The summed E-state index contributed by atoms with van der Waals surface area (Å²) in [6.45, 7) is 1.74. The Labute approximate surface area is 86.9 Å². The van der Waals surface area contributed by atoms with Gasteiger partial charge >= 0.3 is 5.97 Å². The van der Waals surface area contributed by atoms with Crippen LogP contribution >= 0.6 is 0 Å². The van der Waals surface area contributed by atoms with Crippen LogP contribution in [0.5, 0.6) is 0 Å². The van der Waals surface area contributed by atoms with E-state index in [4.69, 9.17) is 4.74 Å². The molecule has 2 aromatic rings. The average Bonchev–Trinajstić information content (AvgIpc) is 2.28. The van der Waals surface area contributed by atoms with E-state index in [9.17, 15) is 4.79 Å². The van der Waals surface area contributed by atoms with Gasteiger partial charge in [-0.25, -0.2) is 4.79 Å². The number of fused-ring (bicyclic) bond motifs is 1. The highest BCUT2D eigenvalue weighted by molar-refractivity contribution is 6.03. The van der Waals surface area contributed by atoms with Gasteiger partial charge in [-0.15, -0.1) is 0 Å². The number of aromatic nitrogens is 2. The third-order valence-corrected chi connectivity index (χ3v) is 2.23. The van der Waals surface area contributed by atoms with E-state index in [2.05, 4.69) is 10.2 Å². The zero-order valence-electron chi connectivity index (χ0n) is 8.52. The maximum Gasteiger partial charge on any atom is 0.340 e. The number of esters is 1. The summed E-state index contributed by atoms with van der Waals surface area (Å²) in [5, 5.41) is 8.70. The number of hydrogen-bond acceptors (Lipinski definition) is 4. The SMILES string of the molecule is COC(=O)c1c(C)nnc2ccccc12. The largest absolute Gasteiger partial charge is 0.465 e. The molecule has 76 valence electrons. The predicted molar refractivity (Wildman–Crippen MR) is 55.6 cm³/mol. The van der Waals surface area contributed by atoms with Gasteiger partial charge in [-0.05, 0) is 13.0 Å². The number of nitrogens with zero attached hydrogens (tertiary/aromatic N) is 2. The van der Waals surface area contributed by atoms with Crippen molar-refractivity contribution in [1.82, 2.24) is 10.2 Å². The van der Waals surface area contributed by atoms with Crippen LogP contribution in [0.25, 0.3) is 10.9 Å². The molecular weight excluding hydrogens is 192 g/mol. The number of benzene rings is 1. The van der Waals surface area contributed by atoms with E-state index < -0.39 is 0 Å². The second kappa shape index (κ2) is 3.65. The monoisotopic (exact) mass is 202 g/mol. The molecule has 0 saturated carbocycles. The predicted octanol–water partition coefficient (Wildman–Crippen LogP) is 1.72. The fourth-order valence-corrected chi connectivity index (χ4v) is 1.51. The molecule has 0 atom stereocenters. The normalized spacial score (nSPS) is 10.3. The first kappa shape index (κ1) is 9.58. The number of hydrogen-bond donors (Lipinski definition) is 0. The molecule has 4 heteroatoms. The summed E-state index contributed by atoms with van der Waals surface area (Å²) in [6.07, 6.45) is 0. The highest BCUT2D eigenvalue weighted by atomic mass is 16.5. The van der Waals surface area contributed by atoms with Crippen LogP contribution in [0.1, 0.15) is 16.1 Å². The molecule has 0 saturated heterocycles. The highest BCUT2D eigenvalue weighted by Gasteiger charge is 2.14. The molecule has 0 spiro atoms. The molecule has 0 fully saturated rings. The molecule has 15 heavy (non-hydrogen) atoms. The maximum atomic E-state index is 11.6. The summed E-state index contributed by atoms with van der Waals surface area (Å²) >= 11 is 0. The first-order valence-corrected chi connectivity index (χ1v) is 4.54. The lowest BCUT2D eigenvalue weighted by Crippen LogP contribution is -2.07. The van der Waals surface area contributed by atoms with Crippen LogP contribution in [0.15, 0.2) is 24.3 Å².